The number of aliphatic imine (C=N–C) groups is 1. The van der Waals surface area contributed by atoms with Crippen LogP contribution in [0.4, 0.5) is 34.9 Å². The second kappa shape index (κ2) is 20.1. The predicted molar refractivity (Wildman–Crippen MR) is 287 cm³/mol. The number of terminal acetylenes is 1. The fourth-order valence-corrected chi connectivity index (χ4v) is 9.55. The molecule has 1 unspecified atom stereocenters. The molecule has 0 saturated carbocycles. The number of aromatic nitrogens is 10. The van der Waals surface area contributed by atoms with Gasteiger partial charge in [0.15, 0.2) is 22.9 Å². The standard InChI is InChI=1S/C55H69N15O2/c1-12-37(20-24-56-10)31-55(71)22-27-68(28-23-55)51-62-47-45(49(64-51)60-42-30-40(54(7,8)9)19-17-36(42)3)70(34-58-47)25-14-13-15-43-65-66-50(72-43)38-21-26-69(32-38)52-61-46-44(67(11)33-57-46)48(63-52)59-41-29-39(53(4,5)6)18-16-35(41)2/h1,16-20,24,29-30,33-34,38,71H,13-15,21-23,25-28,31-32H2,2-11H3,(H,59,61,63)(H,60,62,64)/b37-20+,56-24?. The van der Waals surface area contributed by atoms with Gasteiger partial charge in [0.1, 0.15) is 11.0 Å². The highest BCUT2D eigenvalue weighted by Crippen LogP contribution is 2.37. The van der Waals surface area contributed by atoms with Gasteiger partial charge in [0.05, 0.1) is 24.2 Å². The molecule has 72 heavy (non-hydrogen) atoms. The van der Waals surface area contributed by atoms with E-state index in [0.717, 1.165) is 70.7 Å². The molecule has 2 aromatic carbocycles. The van der Waals surface area contributed by atoms with Crippen molar-refractivity contribution in [3.05, 3.63) is 94.7 Å². The van der Waals surface area contributed by atoms with E-state index in [1.807, 2.05) is 17.9 Å². The quantitative estimate of drug-likeness (QED) is 0.0500. The Hall–Kier alpha value is -7.19. The number of fused-ring (bicyclic) bond motifs is 2. The molecule has 5 aromatic heterocycles. The van der Waals surface area contributed by atoms with Gasteiger partial charge in [-0.3, -0.25) is 4.99 Å². The third-order valence-electron chi connectivity index (χ3n) is 14.2. The molecule has 2 saturated heterocycles. The summed E-state index contributed by atoms with van der Waals surface area (Å²) in [6.07, 6.45) is 17.5. The Labute approximate surface area is 422 Å². The van der Waals surface area contributed by atoms with Gasteiger partial charge in [0.25, 0.3) is 0 Å². The van der Waals surface area contributed by atoms with Crippen molar-refractivity contribution in [3.8, 4) is 12.3 Å². The number of benzene rings is 2. The van der Waals surface area contributed by atoms with Crippen molar-refractivity contribution in [1.82, 2.24) is 49.2 Å². The second-order valence-corrected chi connectivity index (χ2v) is 21.7. The maximum atomic E-state index is 11.6. The van der Waals surface area contributed by atoms with Crippen molar-refractivity contribution in [1.29, 1.82) is 0 Å². The number of rotatable bonds is 15. The molecule has 1 atom stereocenters. The molecule has 17 heteroatoms. The lowest BCUT2D eigenvalue weighted by Crippen LogP contribution is -2.45. The van der Waals surface area contributed by atoms with Crippen LogP contribution < -0.4 is 20.4 Å². The highest BCUT2D eigenvalue weighted by molar-refractivity contribution is 5.88. The summed E-state index contributed by atoms with van der Waals surface area (Å²) in [5, 5.41) is 27.9. The van der Waals surface area contributed by atoms with Crippen molar-refractivity contribution in [2.75, 3.05) is 53.7 Å². The molecule has 376 valence electrons. The first-order chi connectivity index (χ1) is 34.4. The lowest BCUT2D eigenvalue weighted by atomic mass is 9.85. The minimum absolute atomic E-state index is 0.00613. The first kappa shape index (κ1) is 49.8. The molecule has 0 amide bonds. The maximum Gasteiger partial charge on any atom is 0.229 e. The van der Waals surface area contributed by atoms with E-state index in [0.29, 0.717) is 92.7 Å². The third kappa shape index (κ3) is 10.8. The number of nitrogens with zero attached hydrogens (tertiary/aromatic N) is 13. The molecular weight excluding hydrogens is 903 g/mol. The molecule has 0 spiro atoms. The van der Waals surface area contributed by atoms with Gasteiger partial charge in [0, 0.05) is 82.8 Å². The van der Waals surface area contributed by atoms with Crippen LogP contribution in [0, 0.1) is 26.2 Å². The van der Waals surface area contributed by atoms with Crippen molar-refractivity contribution in [2.24, 2.45) is 12.0 Å². The summed E-state index contributed by atoms with van der Waals surface area (Å²) in [7, 11) is 3.67. The lowest BCUT2D eigenvalue weighted by molar-refractivity contribution is 0.0173. The lowest BCUT2D eigenvalue weighted by Gasteiger charge is -2.38. The number of imidazole rings is 2. The number of aliphatic hydroxyl groups is 1. The average Bonchev–Trinajstić information content (AvgIpc) is 4.18. The summed E-state index contributed by atoms with van der Waals surface area (Å²) in [5.74, 6) is 6.64. The molecule has 0 bridgehead atoms. The Balaban J connectivity index is 0.871. The van der Waals surface area contributed by atoms with Gasteiger partial charge in [-0.25, -0.2) is 9.97 Å². The normalized spacial score (nSPS) is 16.6. The first-order valence-corrected chi connectivity index (χ1v) is 25.2. The molecule has 2 aliphatic rings. The topological polar surface area (TPSA) is 189 Å². The first-order valence-electron chi connectivity index (χ1n) is 25.2. The molecule has 2 aliphatic heterocycles. The average molecular weight is 972 g/mol. The second-order valence-electron chi connectivity index (χ2n) is 21.7. The van der Waals surface area contributed by atoms with Gasteiger partial charge in [-0.05, 0) is 97.2 Å². The summed E-state index contributed by atoms with van der Waals surface area (Å²) in [5.41, 5.74) is 9.39. The van der Waals surface area contributed by atoms with Crippen LogP contribution in [0.1, 0.15) is 120 Å². The van der Waals surface area contributed by atoms with Crippen LogP contribution >= 0.6 is 0 Å². The molecule has 0 aliphatic carbocycles. The van der Waals surface area contributed by atoms with Crippen LogP contribution in [0.25, 0.3) is 22.3 Å². The summed E-state index contributed by atoms with van der Waals surface area (Å²) >= 11 is 0. The molecule has 7 heterocycles. The van der Waals surface area contributed by atoms with E-state index < -0.39 is 5.60 Å². The van der Waals surface area contributed by atoms with Gasteiger partial charge in [0.2, 0.25) is 23.7 Å². The Morgan fingerprint density at radius 3 is 2.07 bits per heavy atom. The number of nitrogens with one attached hydrogen (secondary N) is 2. The number of piperidine rings is 1. The van der Waals surface area contributed by atoms with Crippen LogP contribution in [0.3, 0.4) is 0 Å². The van der Waals surface area contributed by atoms with Crippen LogP contribution in [0.5, 0.6) is 0 Å². The molecule has 3 N–H and O–H groups in total. The zero-order valence-corrected chi connectivity index (χ0v) is 43.6. The van der Waals surface area contributed by atoms with Crippen molar-refractivity contribution < 1.29 is 9.52 Å². The number of anilines is 6. The highest BCUT2D eigenvalue weighted by Gasteiger charge is 2.35. The Kier molecular flexibility index (Phi) is 13.9. The summed E-state index contributed by atoms with van der Waals surface area (Å²) < 4.78 is 10.4. The van der Waals surface area contributed by atoms with Gasteiger partial charge in [-0.15, -0.1) is 16.6 Å². The van der Waals surface area contributed by atoms with Gasteiger partial charge < -0.3 is 39.1 Å². The third-order valence-corrected chi connectivity index (χ3v) is 14.2. The summed E-state index contributed by atoms with van der Waals surface area (Å²) in [6.45, 7) is 20.8. The van der Waals surface area contributed by atoms with Gasteiger partial charge >= 0.3 is 0 Å². The van der Waals surface area contributed by atoms with E-state index in [2.05, 4.69) is 143 Å². The van der Waals surface area contributed by atoms with Gasteiger partial charge in [-0.2, -0.15) is 19.9 Å². The fraction of sp³-hybridized carbons (Fsp3) is 0.473. The Morgan fingerprint density at radius 2 is 1.44 bits per heavy atom. The largest absolute Gasteiger partial charge is 0.425 e. The van der Waals surface area contributed by atoms with E-state index in [9.17, 15) is 5.11 Å². The molecule has 17 nitrogen and oxygen atoms in total. The van der Waals surface area contributed by atoms with Crippen LogP contribution in [-0.2, 0) is 30.8 Å². The number of unbranched alkanes of at least 4 members (excludes halogenated alkanes) is 1. The number of hydrogen-bond acceptors (Lipinski definition) is 15. The molecule has 7 aromatic rings. The highest BCUT2D eigenvalue weighted by atomic mass is 16.4. The molecular formula is C55H69N15O2. The minimum atomic E-state index is -0.928. The zero-order valence-electron chi connectivity index (χ0n) is 43.6. The van der Waals surface area contributed by atoms with E-state index in [4.69, 9.17) is 35.8 Å². The van der Waals surface area contributed by atoms with Crippen molar-refractivity contribution >= 4 is 63.4 Å². The number of hydrogen-bond donors (Lipinski definition) is 3. The van der Waals surface area contributed by atoms with Crippen LogP contribution in [0.15, 0.2) is 70.1 Å². The van der Waals surface area contributed by atoms with Crippen molar-refractivity contribution in [2.45, 2.75) is 129 Å². The SMILES string of the molecule is C#C/C(=C\C=NC)CC1(O)CCN(c2nc(Nc3cc(C(C)(C)C)ccc3C)c3c(ncn3CCCCc3nnc(C4CCN(c5nc(Nc6cc(C(C)(C)C)ccc6C)c6c(ncn6C)n5)C4)o3)n2)CC1. The van der Waals surface area contributed by atoms with Crippen LogP contribution in [0.2, 0.25) is 0 Å². The van der Waals surface area contributed by atoms with Gasteiger partial charge in [-0.1, -0.05) is 71.7 Å². The van der Waals surface area contributed by atoms with E-state index >= 15 is 0 Å². The maximum absolute atomic E-state index is 11.6. The smallest absolute Gasteiger partial charge is 0.229 e. The zero-order chi connectivity index (χ0) is 51.0. The Bertz CT molecular complexity index is 3190. The van der Waals surface area contributed by atoms with Crippen LogP contribution in [-0.4, -0.2) is 99.4 Å². The summed E-state index contributed by atoms with van der Waals surface area (Å²) in [4.78, 5) is 38.0. The molecule has 0 radical (unpaired) electrons. The minimum Gasteiger partial charge on any atom is -0.425 e. The molecule has 9 rings (SSSR count). The predicted octanol–water partition coefficient (Wildman–Crippen LogP) is 9.58. The monoisotopic (exact) mass is 972 g/mol. The summed E-state index contributed by atoms with van der Waals surface area (Å²) in [6, 6.07) is 13.1. The van der Waals surface area contributed by atoms with E-state index in [-0.39, 0.29) is 16.7 Å². The molecule has 2 fully saturated rings. The van der Waals surface area contributed by atoms with E-state index in [1.54, 1.807) is 25.7 Å². The number of aryl methyl sites for hydroxylation is 5. The van der Waals surface area contributed by atoms with Crippen molar-refractivity contribution in [3.63, 3.8) is 0 Å². The fourth-order valence-electron chi connectivity index (χ4n) is 9.55. The number of allylic oxidation sites excluding steroid dienone is 1. The Morgan fingerprint density at radius 1 is 0.833 bits per heavy atom. The van der Waals surface area contributed by atoms with E-state index in [1.165, 1.54) is 11.1 Å².